The number of rotatable bonds is 4. The Labute approximate surface area is 160 Å². The van der Waals surface area contributed by atoms with Gasteiger partial charge in [-0.25, -0.2) is 18.3 Å². The van der Waals surface area contributed by atoms with Gasteiger partial charge < -0.3 is 14.8 Å². The van der Waals surface area contributed by atoms with Gasteiger partial charge >= 0.3 is 12.1 Å². The molecule has 0 aliphatic heterocycles. The van der Waals surface area contributed by atoms with Gasteiger partial charge in [0.2, 0.25) is 0 Å². The van der Waals surface area contributed by atoms with E-state index in [0.29, 0.717) is 0 Å². The van der Waals surface area contributed by atoms with Crippen LogP contribution in [0.15, 0.2) is 0 Å². The summed E-state index contributed by atoms with van der Waals surface area (Å²) in [6.45, 7) is 5.37. The average Bonchev–Trinajstić information content (AvgIpc) is 3.23. The summed E-state index contributed by atoms with van der Waals surface area (Å²) >= 11 is 0. The monoisotopic (exact) mass is 396 g/mol. The van der Waals surface area contributed by atoms with Crippen LogP contribution in [0.3, 0.4) is 0 Å². The molecule has 1 atom stereocenters. The molecule has 1 amide bonds. The molecule has 1 heterocycles. The summed E-state index contributed by atoms with van der Waals surface area (Å²) < 4.78 is 40.9. The molecule has 8 nitrogen and oxygen atoms in total. The number of ether oxygens (including phenoxy) is 2. The van der Waals surface area contributed by atoms with Crippen LogP contribution in [0, 0.1) is 17.6 Å². The van der Waals surface area contributed by atoms with Gasteiger partial charge in [-0.2, -0.15) is 0 Å². The summed E-state index contributed by atoms with van der Waals surface area (Å²) in [4.78, 5) is 23.5. The number of methoxy groups -OCH3 is 1. The molecule has 0 fully saturated rings. The van der Waals surface area contributed by atoms with Crippen molar-refractivity contribution in [2.45, 2.75) is 45.8 Å². The lowest BCUT2D eigenvalue weighted by Crippen LogP contribution is -2.34. The minimum atomic E-state index is -0.677. The number of carbonyl (C=O) groups is 2. The maximum absolute atomic E-state index is 15.1. The Bertz CT molecular complexity index is 936. The maximum Gasteiger partial charge on any atom is 0.407 e. The second-order valence-corrected chi connectivity index (χ2v) is 7.65. The first-order chi connectivity index (χ1) is 13.1. The van der Waals surface area contributed by atoms with Crippen LogP contribution in [-0.2, 0) is 33.7 Å². The fourth-order valence-electron chi connectivity index (χ4n) is 3.29. The van der Waals surface area contributed by atoms with Crippen molar-refractivity contribution in [3.05, 3.63) is 22.8 Å². The average molecular weight is 396 g/mol. The molecule has 1 aromatic heterocycles. The Morgan fingerprint density at radius 2 is 1.86 bits per heavy atom. The molecule has 1 unspecified atom stereocenters. The highest BCUT2D eigenvalue weighted by atomic mass is 19.1. The number of carbonyl (C=O) groups excluding carboxylic acids is 2. The first-order valence-corrected chi connectivity index (χ1v) is 8.89. The highest BCUT2D eigenvalue weighted by Crippen LogP contribution is 2.36. The van der Waals surface area contributed by atoms with Crippen LogP contribution in [0.5, 0.6) is 0 Å². The van der Waals surface area contributed by atoms with E-state index in [4.69, 9.17) is 4.74 Å². The number of fused-ring (bicyclic) bond motifs is 2. The van der Waals surface area contributed by atoms with E-state index in [0.717, 1.165) is 0 Å². The van der Waals surface area contributed by atoms with Crippen molar-refractivity contribution < 1.29 is 27.8 Å². The number of halogens is 2. The van der Waals surface area contributed by atoms with E-state index in [2.05, 4.69) is 20.4 Å². The number of hydrogen-bond acceptors (Lipinski definition) is 6. The van der Waals surface area contributed by atoms with Gasteiger partial charge in [0.05, 0.1) is 19.6 Å². The number of nitrogens with one attached hydrogen (secondary N) is 1. The molecule has 0 spiro atoms. The van der Waals surface area contributed by atoms with Gasteiger partial charge in [0.25, 0.3) is 0 Å². The number of aromatic nitrogens is 3. The molecule has 152 valence electrons. The van der Waals surface area contributed by atoms with E-state index in [1.54, 1.807) is 20.8 Å². The minimum absolute atomic E-state index is 0.0576. The number of amides is 1. The number of esters is 1. The van der Waals surface area contributed by atoms with Crippen molar-refractivity contribution in [1.82, 2.24) is 20.3 Å². The molecule has 3 rings (SSSR count). The van der Waals surface area contributed by atoms with Crippen molar-refractivity contribution in [3.8, 4) is 0 Å². The van der Waals surface area contributed by atoms with Crippen LogP contribution in [0.1, 0.15) is 31.9 Å². The number of alkyl carbamates (subject to hydrolysis) is 1. The number of nitrogens with zero attached hydrogens (tertiary/aromatic N) is 3. The summed E-state index contributed by atoms with van der Waals surface area (Å²) in [5, 5.41) is 10.1. The molecule has 0 radical (unpaired) electrons. The third-order valence-electron chi connectivity index (χ3n) is 4.47. The molecular weight excluding hydrogens is 374 g/mol. The summed E-state index contributed by atoms with van der Waals surface area (Å²) in [7, 11) is 1.24. The molecule has 1 aromatic carbocycles. The highest BCUT2D eigenvalue weighted by Gasteiger charge is 2.35. The van der Waals surface area contributed by atoms with Gasteiger partial charge in [0, 0.05) is 6.54 Å². The molecular formula is C18H22F2N4O4. The second kappa shape index (κ2) is 7.33. The summed E-state index contributed by atoms with van der Waals surface area (Å²) in [6, 6.07) is 0. The van der Waals surface area contributed by atoms with Crippen LogP contribution >= 0.6 is 0 Å². The van der Waals surface area contributed by atoms with E-state index in [1.807, 2.05) is 0 Å². The quantitative estimate of drug-likeness (QED) is 0.796. The fraction of sp³-hybridized carbons (Fsp3) is 0.556. The lowest BCUT2D eigenvalue weighted by Gasteiger charge is -2.19. The summed E-state index contributed by atoms with van der Waals surface area (Å²) in [6.07, 6.45) is -0.499. The van der Waals surface area contributed by atoms with Crippen LogP contribution in [0.2, 0.25) is 0 Å². The van der Waals surface area contributed by atoms with E-state index in [1.165, 1.54) is 11.8 Å². The molecule has 1 N–H and O–H groups in total. The third kappa shape index (κ3) is 3.76. The molecule has 0 saturated heterocycles. The summed E-state index contributed by atoms with van der Waals surface area (Å²) in [5.74, 6) is -2.45. The third-order valence-corrected chi connectivity index (χ3v) is 4.47. The Morgan fingerprint density at radius 3 is 2.46 bits per heavy atom. The lowest BCUT2D eigenvalue weighted by molar-refractivity contribution is -0.145. The van der Waals surface area contributed by atoms with Crippen LogP contribution in [-0.4, -0.2) is 46.3 Å². The van der Waals surface area contributed by atoms with Crippen LogP contribution < -0.4 is 5.32 Å². The standard InChI is InChI=1S/C18H22F2N4O4/c1-18(2,3)28-17(26)21-5-6-24-15-13(20)11-8-9(16(25)27-4)7-10(11)12(19)14(15)22-23-24/h9H,5-8H2,1-4H3,(H,21,26). The Hall–Kier alpha value is -2.78. The predicted molar refractivity (Wildman–Crippen MR) is 94.6 cm³/mol. The van der Waals surface area contributed by atoms with Gasteiger partial charge in [-0.05, 0) is 44.7 Å². The molecule has 10 heteroatoms. The Morgan fingerprint density at radius 1 is 1.21 bits per heavy atom. The minimum Gasteiger partial charge on any atom is -0.469 e. The lowest BCUT2D eigenvalue weighted by atomic mass is 10.1. The van der Waals surface area contributed by atoms with Crippen molar-refractivity contribution in [2.75, 3.05) is 13.7 Å². The fourth-order valence-corrected chi connectivity index (χ4v) is 3.29. The van der Waals surface area contributed by atoms with Crippen LogP contribution in [0.25, 0.3) is 11.0 Å². The van der Waals surface area contributed by atoms with Gasteiger partial charge in [0.1, 0.15) is 11.1 Å². The predicted octanol–water partition coefficient (Wildman–Crippen LogP) is 2.12. The molecule has 1 aliphatic rings. The number of benzene rings is 1. The molecule has 2 aromatic rings. The highest BCUT2D eigenvalue weighted by molar-refractivity contribution is 5.81. The Balaban J connectivity index is 1.81. The van der Waals surface area contributed by atoms with Crippen molar-refractivity contribution in [3.63, 3.8) is 0 Å². The molecule has 0 saturated carbocycles. The van der Waals surface area contributed by atoms with Gasteiger partial charge in [-0.3, -0.25) is 4.79 Å². The topological polar surface area (TPSA) is 95.3 Å². The van der Waals surface area contributed by atoms with E-state index >= 15 is 4.39 Å². The Kier molecular flexibility index (Phi) is 5.22. The van der Waals surface area contributed by atoms with Crippen molar-refractivity contribution >= 4 is 23.1 Å². The number of hydrogen-bond donors (Lipinski definition) is 1. The first-order valence-electron chi connectivity index (χ1n) is 8.89. The van der Waals surface area contributed by atoms with Crippen LogP contribution in [0.4, 0.5) is 13.6 Å². The van der Waals surface area contributed by atoms with E-state index in [9.17, 15) is 14.0 Å². The van der Waals surface area contributed by atoms with E-state index < -0.39 is 35.2 Å². The van der Waals surface area contributed by atoms with Gasteiger partial charge in [0.15, 0.2) is 17.2 Å². The van der Waals surface area contributed by atoms with Gasteiger partial charge in [-0.15, -0.1) is 5.10 Å². The van der Waals surface area contributed by atoms with Gasteiger partial charge in [-0.1, -0.05) is 5.21 Å². The van der Waals surface area contributed by atoms with Crippen molar-refractivity contribution in [2.24, 2.45) is 5.92 Å². The smallest absolute Gasteiger partial charge is 0.407 e. The summed E-state index contributed by atoms with van der Waals surface area (Å²) in [5.41, 5.74) is -0.647. The largest absolute Gasteiger partial charge is 0.469 e. The molecule has 28 heavy (non-hydrogen) atoms. The maximum atomic E-state index is 15.1. The zero-order valence-corrected chi connectivity index (χ0v) is 16.1. The second-order valence-electron chi connectivity index (χ2n) is 7.65. The van der Waals surface area contributed by atoms with Crippen molar-refractivity contribution in [1.29, 1.82) is 0 Å². The first kappa shape index (κ1) is 20.0. The zero-order valence-electron chi connectivity index (χ0n) is 16.1. The van der Waals surface area contributed by atoms with E-state index in [-0.39, 0.29) is 48.1 Å². The SMILES string of the molecule is COC(=O)C1Cc2c(c(F)c3c(nnn3CCNC(=O)OC(C)(C)C)c2F)C1. The zero-order chi connectivity index (χ0) is 20.6. The molecule has 0 bridgehead atoms. The normalized spacial score (nSPS) is 16.1. The molecule has 1 aliphatic carbocycles.